The first kappa shape index (κ1) is 22.6. The van der Waals surface area contributed by atoms with E-state index in [2.05, 4.69) is 41.7 Å². The van der Waals surface area contributed by atoms with E-state index < -0.39 is 5.41 Å². The van der Waals surface area contributed by atoms with Crippen molar-refractivity contribution in [3.8, 4) is 11.1 Å². The lowest BCUT2D eigenvalue weighted by Gasteiger charge is -2.41. The molecule has 32 heavy (non-hydrogen) atoms. The second kappa shape index (κ2) is 10.3. The van der Waals surface area contributed by atoms with Crippen molar-refractivity contribution in [2.75, 3.05) is 20.1 Å². The maximum atomic E-state index is 13.0. The molecule has 1 N–H and O–H groups in total. The van der Waals surface area contributed by atoms with Crippen LogP contribution in [-0.2, 0) is 16.0 Å². The lowest BCUT2D eigenvalue weighted by molar-refractivity contribution is -0.141. The molecule has 170 valence electrons. The van der Waals surface area contributed by atoms with Gasteiger partial charge in [0, 0.05) is 26.6 Å². The summed E-state index contributed by atoms with van der Waals surface area (Å²) in [6, 6.07) is 18.9. The van der Waals surface area contributed by atoms with Crippen molar-refractivity contribution in [2.45, 2.75) is 57.8 Å². The lowest BCUT2D eigenvalue weighted by Crippen LogP contribution is -2.50. The maximum absolute atomic E-state index is 13.0. The van der Waals surface area contributed by atoms with Gasteiger partial charge in [-0.05, 0) is 54.7 Å². The van der Waals surface area contributed by atoms with Crippen molar-refractivity contribution in [3.05, 3.63) is 60.2 Å². The molecule has 2 aromatic carbocycles. The third kappa shape index (κ3) is 5.23. The number of nitrogens with one attached hydrogen (secondary N) is 1. The average Bonchev–Trinajstić information content (AvgIpc) is 2.85. The first-order valence-corrected chi connectivity index (χ1v) is 12.2. The van der Waals surface area contributed by atoms with Gasteiger partial charge in [-0.2, -0.15) is 0 Å². The molecule has 2 aliphatic rings. The fourth-order valence-electron chi connectivity index (χ4n) is 5.58. The fourth-order valence-corrected chi connectivity index (χ4v) is 5.58. The summed E-state index contributed by atoms with van der Waals surface area (Å²) >= 11 is 0. The number of piperidine rings is 1. The molecule has 0 atom stereocenters. The molecule has 0 unspecified atom stereocenters. The van der Waals surface area contributed by atoms with E-state index in [1.165, 1.54) is 48.8 Å². The summed E-state index contributed by atoms with van der Waals surface area (Å²) in [6.07, 6.45) is 9.06. The van der Waals surface area contributed by atoms with Gasteiger partial charge in [-0.1, -0.05) is 73.9 Å². The lowest BCUT2D eigenvalue weighted by atomic mass is 9.72. The zero-order valence-electron chi connectivity index (χ0n) is 19.3. The van der Waals surface area contributed by atoms with E-state index in [1.54, 1.807) is 7.05 Å². The Labute approximate surface area is 192 Å². The van der Waals surface area contributed by atoms with Gasteiger partial charge in [0.25, 0.3) is 0 Å². The second-order valence-corrected chi connectivity index (χ2v) is 9.69. The van der Waals surface area contributed by atoms with Crippen LogP contribution in [0.15, 0.2) is 54.6 Å². The molecule has 1 aliphatic heterocycles. The number of benzene rings is 2. The number of rotatable bonds is 6. The highest BCUT2D eigenvalue weighted by Crippen LogP contribution is 2.37. The molecule has 1 saturated carbocycles. The van der Waals surface area contributed by atoms with Crippen LogP contribution >= 0.6 is 0 Å². The monoisotopic (exact) mass is 432 g/mol. The van der Waals surface area contributed by atoms with Crippen molar-refractivity contribution in [1.82, 2.24) is 10.2 Å². The Hall–Kier alpha value is -2.62. The Kier molecular flexibility index (Phi) is 7.29. The van der Waals surface area contributed by atoms with Crippen molar-refractivity contribution in [3.63, 3.8) is 0 Å². The van der Waals surface area contributed by atoms with Gasteiger partial charge >= 0.3 is 0 Å². The SMILES string of the molecule is CNC(=O)C1(Cc2cccc(-c3ccccc3)c2)CCN(C(=O)CC2CCCCC2)CC1. The standard InChI is InChI=1S/C28H36N2O2/c1-29-27(32)28(21-23-11-8-14-25(19-23)24-12-6-3-7-13-24)15-17-30(18-16-28)26(31)20-22-9-4-2-5-10-22/h3,6-8,11-14,19,22H,2,4-5,9-10,15-18,20-21H2,1H3,(H,29,32). The van der Waals surface area contributed by atoms with E-state index in [-0.39, 0.29) is 11.8 Å². The summed E-state index contributed by atoms with van der Waals surface area (Å²) < 4.78 is 0. The highest BCUT2D eigenvalue weighted by molar-refractivity contribution is 5.83. The normalized spacial score (nSPS) is 18.8. The van der Waals surface area contributed by atoms with Crippen LogP contribution in [0, 0.1) is 11.3 Å². The van der Waals surface area contributed by atoms with Crippen molar-refractivity contribution < 1.29 is 9.59 Å². The van der Waals surface area contributed by atoms with Gasteiger partial charge in [-0.3, -0.25) is 9.59 Å². The minimum atomic E-state index is -0.453. The average molecular weight is 433 g/mol. The first-order chi connectivity index (χ1) is 15.6. The van der Waals surface area contributed by atoms with E-state index in [4.69, 9.17) is 0 Å². The molecule has 4 heteroatoms. The van der Waals surface area contributed by atoms with E-state index in [9.17, 15) is 9.59 Å². The van der Waals surface area contributed by atoms with Crippen molar-refractivity contribution in [2.24, 2.45) is 11.3 Å². The molecule has 0 spiro atoms. The van der Waals surface area contributed by atoms with Crippen LogP contribution in [0.2, 0.25) is 0 Å². The predicted molar refractivity (Wildman–Crippen MR) is 129 cm³/mol. The molecule has 2 fully saturated rings. The Morgan fingerprint density at radius 2 is 1.62 bits per heavy atom. The number of carbonyl (C=O) groups excluding carboxylic acids is 2. The number of likely N-dealkylation sites (tertiary alicyclic amines) is 1. The minimum Gasteiger partial charge on any atom is -0.359 e. The van der Waals surface area contributed by atoms with Crippen LogP contribution in [0.3, 0.4) is 0 Å². The zero-order chi connectivity index (χ0) is 22.4. The summed E-state index contributed by atoms with van der Waals surface area (Å²) in [4.78, 5) is 27.9. The van der Waals surface area contributed by atoms with Crippen molar-refractivity contribution >= 4 is 11.8 Å². The van der Waals surface area contributed by atoms with Crippen LogP contribution in [0.4, 0.5) is 0 Å². The van der Waals surface area contributed by atoms with E-state index in [1.807, 2.05) is 23.1 Å². The Balaban J connectivity index is 1.44. The smallest absolute Gasteiger partial charge is 0.226 e. The number of hydrogen-bond donors (Lipinski definition) is 1. The van der Waals surface area contributed by atoms with Crippen LogP contribution in [0.1, 0.15) is 56.9 Å². The molecule has 2 amide bonds. The summed E-state index contributed by atoms with van der Waals surface area (Å²) in [6.45, 7) is 1.36. The maximum Gasteiger partial charge on any atom is 0.226 e. The van der Waals surface area contributed by atoms with Crippen LogP contribution in [0.25, 0.3) is 11.1 Å². The summed E-state index contributed by atoms with van der Waals surface area (Å²) in [5.74, 6) is 0.943. The molecule has 2 aromatic rings. The van der Waals surface area contributed by atoms with Gasteiger partial charge in [0.15, 0.2) is 0 Å². The third-order valence-corrected chi connectivity index (χ3v) is 7.55. The minimum absolute atomic E-state index is 0.0991. The molecule has 4 rings (SSSR count). The molecule has 1 heterocycles. The predicted octanol–water partition coefficient (Wildman–Crippen LogP) is 5.22. The Morgan fingerprint density at radius 3 is 2.31 bits per heavy atom. The topological polar surface area (TPSA) is 49.4 Å². The molecule has 0 aromatic heterocycles. The highest BCUT2D eigenvalue weighted by atomic mass is 16.2. The molecular weight excluding hydrogens is 396 g/mol. The quantitative estimate of drug-likeness (QED) is 0.680. The largest absolute Gasteiger partial charge is 0.359 e. The van der Waals surface area contributed by atoms with Crippen molar-refractivity contribution in [1.29, 1.82) is 0 Å². The third-order valence-electron chi connectivity index (χ3n) is 7.55. The van der Waals surface area contributed by atoms with Gasteiger partial charge < -0.3 is 10.2 Å². The Morgan fingerprint density at radius 1 is 0.938 bits per heavy atom. The van der Waals surface area contributed by atoms with E-state index in [0.29, 0.717) is 31.8 Å². The summed E-state index contributed by atoms with van der Waals surface area (Å²) in [5.41, 5.74) is 3.09. The van der Waals surface area contributed by atoms with Crippen LogP contribution in [-0.4, -0.2) is 36.9 Å². The molecular formula is C28H36N2O2. The second-order valence-electron chi connectivity index (χ2n) is 9.69. The fraction of sp³-hybridized carbons (Fsp3) is 0.500. The number of hydrogen-bond acceptors (Lipinski definition) is 2. The summed E-state index contributed by atoms with van der Waals surface area (Å²) in [5, 5.41) is 2.91. The molecule has 1 aliphatic carbocycles. The molecule has 0 bridgehead atoms. The summed E-state index contributed by atoms with van der Waals surface area (Å²) in [7, 11) is 1.73. The van der Waals surface area contributed by atoms with Gasteiger partial charge in [0.2, 0.25) is 11.8 Å². The molecule has 1 saturated heterocycles. The number of amides is 2. The van der Waals surface area contributed by atoms with Crippen LogP contribution < -0.4 is 5.32 Å². The Bertz CT molecular complexity index is 910. The zero-order valence-corrected chi connectivity index (χ0v) is 19.3. The number of carbonyl (C=O) groups is 2. The van der Waals surface area contributed by atoms with E-state index >= 15 is 0 Å². The van der Waals surface area contributed by atoms with Crippen LogP contribution in [0.5, 0.6) is 0 Å². The van der Waals surface area contributed by atoms with Gasteiger partial charge in [0.1, 0.15) is 0 Å². The molecule has 4 nitrogen and oxygen atoms in total. The molecule has 0 radical (unpaired) electrons. The van der Waals surface area contributed by atoms with Gasteiger partial charge in [-0.25, -0.2) is 0 Å². The number of nitrogens with zero attached hydrogens (tertiary/aromatic N) is 1. The van der Waals surface area contributed by atoms with E-state index in [0.717, 1.165) is 12.8 Å². The van der Waals surface area contributed by atoms with Gasteiger partial charge in [0.05, 0.1) is 5.41 Å². The first-order valence-electron chi connectivity index (χ1n) is 12.2. The van der Waals surface area contributed by atoms with Gasteiger partial charge in [-0.15, -0.1) is 0 Å². The highest BCUT2D eigenvalue weighted by Gasteiger charge is 2.42.